The molecule has 1 atom stereocenters. The summed E-state index contributed by atoms with van der Waals surface area (Å²) in [4.78, 5) is 23.9. The summed E-state index contributed by atoms with van der Waals surface area (Å²) in [5.74, 6) is 0.387. The molecule has 3 aromatic rings. The number of amides is 1. The van der Waals surface area contributed by atoms with Crippen LogP contribution < -0.4 is 10.1 Å². The van der Waals surface area contributed by atoms with E-state index in [1.165, 1.54) is 6.92 Å². The molecular weight excluding hydrogens is 374 g/mol. The van der Waals surface area contributed by atoms with Gasteiger partial charge >= 0.3 is 0 Å². The number of Topliss-reactive ketones (excluding diaryl/α,β-unsaturated/α-hetero) is 1. The average Bonchev–Trinajstić information content (AvgIpc) is 2.70. The van der Waals surface area contributed by atoms with E-state index in [0.29, 0.717) is 27.6 Å². The van der Waals surface area contributed by atoms with Crippen molar-refractivity contribution in [1.29, 1.82) is 0 Å². The third-order valence-electron chi connectivity index (χ3n) is 4.30. The summed E-state index contributed by atoms with van der Waals surface area (Å²) in [6.45, 7) is 3.46. The lowest BCUT2D eigenvalue weighted by molar-refractivity contribution is 0.101. The molecule has 0 aromatic heterocycles. The fraction of sp³-hybridized carbons (Fsp3) is 0.130. The van der Waals surface area contributed by atoms with Crippen LogP contribution >= 0.6 is 11.6 Å². The fourth-order valence-electron chi connectivity index (χ4n) is 2.71. The molecular formula is C23H20ClNO3. The predicted molar refractivity (Wildman–Crippen MR) is 111 cm³/mol. The van der Waals surface area contributed by atoms with Crippen molar-refractivity contribution in [3.05, 3.63) is 94.5 Å². The second-order valence-electron chi connectivity index (χ2n) is 6.43. The third kappa shape index (κ3) is 4.99. The molecule has 1 amide bonds. The number of carbonyl (C=O) groups is 2. The predicted octanol–water partition coefficient (Wildman–Crippen LogP) is 5.93. The Kier molecular flexibility index (Phi) is 6.12. The number of ether oxygens (including phenoxy) is 1. The van der Waals surface area contributed by atoms with Gasteiger partial charge in [0.05, 0.1) is 0 Å². The zero-order chi connectivity index (χ0) is 20.1. The molecule has 0 aliphatic heterocycles. The Labute approximate surface area is 169 Å². The van der Waals surface area contributed by atoms with Gasteiger partial charge in [-0.05, 0) is 61.9 Å². The number of carbonyl (C=O) groups excluding carboxylic acids is 2. The van der Waals surface area contributed by atoms with E-state index in [2.05, 4.69) is 5.32 Å². The Hall–Kier alpha value is -3.11. The first kappa shape index (κ1) is 19.6. The molecule has 0 aliphatic carbocycles. The largest absolute Gasteiger partial charge is 0.486 e. The van der Waals surface area contributed by atoms with E-state index in [-0.39, 0.29) is 17.8 Å². The lowest BCUT2D eigenvalue weighted by atomic mass is 10.1. The van der Waals surface area contributed by atoms with E-state index < -0.39 is 0 Å². The quantitative estimate of drug-likeness (QED) is 0.527. The van der Waals surface area contributed by atoms with Gasteiger partial charge in [-0.1, -0.05) is 41.9 Å². The second-order valence-corrected chi connectivity index (χ2v) is 6.86. The summed E-state index contributed by atoms with van der Waals surface area (Å²) in [7, 11) is 0. The van der Waals surface area contributed by atoms with Gasteiger partial charge in [0.2, 0.25) is 0 Å². The second kappa shape index (κ2) is 8.72. The molecule has 4 nitrogen and oxygen atoms in total. The molecule has 0 bridgehead atoms. The molecule has 0 saturated heterocycles. The van der Waals surface area contributed by atoms with Crippen molar-refractivity contribution < 1.29 is 14.3 Å². The summed E-state index contributed by atoms with van der Waals surface area (Å²) in [6.07, 6.45) is -0.226. The number of hydrogen-bond acceptors (Lipinski definition) is 3. The van der Waals surface area contributed by atoms with Crippen molar-refractivity contribution >= 4 is 29.0 Å². The van der Waals surface area contributed by atoms with Crippen LogP contribution in [0.4, 0.5) is 5.69 Å². The van der Waals surface area contributed by atoms with E-state index in [4.69, 9.17) is 16.3 Å². The van der Waals surface area contributed by atoms with E-state index >= 15 is 0 Å². The highest BCUT2D eigenvalue weighted by Crippen LogP contribution is 2.23. The van der Waals surface area contributed by atoms with Crippen LogP contribution in [0.3, 0.4) is 0 Å². The van der Waals surface area contributed by atoms with Gasteiger partial charge in [-0.25, -0.2) is 0 Å². The lowest BCUT2D eigenvalue weighted by Gasteiger charge is -2.16. The molecule has 0 radical (unpaired) electrons. The number of nitrogens with one attached hydrogen (secondary N) is 1. The van der Waals surface area contributed by atoms with Gasteiger partial charge < -0.3 is 10.1 Å². The SMILES string of the molecule is CC(=O)c1ccc(C(C)Oc2cccc(C(=O)Nc3ccc(Cl)cc3)c2)cc1. The standard InChI is InChI=1S/C23H20ClNO3/c1-15(26)17-6-8-18(9-7-17)16(2)28-22-5-3-4-19(14-22)23(27)25-21-12-10-20(24)11-13-21/h3-14,16H,1-2H3,(H,25,27). The van der Waals surface area contributed by atoms with Crippen LogP contribution in [0.15, 0.2) is 72.8 Å². The number of rotatable bonds is 6. The first-order valence-electron chi connectivity index (χ1n) is 8.87. The van der Waals surface area contributed by atoms with Crippen molar-refractivity contribution in [2.45, 2.75) is 20.0 Å². The fourth-order valence-corrected chi connectivity index (χ4v) is 2.83. The van der Waals surface area contributed by atoms with Gasteiger partial charge in [0.15, 0.2) is 5.78 Å². The Morgan fingerprint density at radius 1 is 0.929 bits per heavy atom. The van der Waals surface area contributed by atoms with E-state index in [1.807, 2.05) is 19.1 Å². The van der Waals surface area contributed by atoms with Crippen molar-refractivity contribution in [3.8, 4) is 5.75 Å². The Morgan fingerprint density at radius 3 is 2.25 bits per heavy atom. The Morgan fingerprint density at radius 2 is 1.61 bits per heavy atom. The van der Waals surface area contributed by atoms with Gasteiger partial charge in [0, 0.05) is 21.8 Å². The van der Waals surface area contributed by atoms with Crippen LogP contribution in [0, 0.1) is 0 Å². The number of benzene rings is 3. The minimum Gasteiger partial charge on any atom is -0.486 e. The molecule has 1 unspecified atom stereocenters. The maximum atomic E-state index is 12.5. The number of halogens is 1. The van der Waals surface area contributed by atoms with E-state index in [0.717, 1.165) is 5.56 Å². The highest BCUT2D eigenvalue weighted by Gasteiger charge is 2.11. The van der Waals surface area contributed by atoms with E-state index in [1.54, 1.807) is 60.7 Å². The van der Waals surface area contributed by atoms with Crippen molar-refractivity contribution in [2.75, 3.05) is 5.32 Å². The first-order chi connectivity index (χ1) is 13.4. The summed E-state index contributed by atoms with van der Waals surface area (Å²) in [6, 6.07) is 21.2. The number of ketones is 1. The van der Waals surface area contributed by atoms with Crippen LogP contribution in [-0.2, 0) is 0 Å². The van der Waals surface area contributed by atoms with E-state index in [9.17, 15) is 9.59 Å². The van der Waals surface area contributed by atoms with Crippen LogP contribution in [-0.4, -0.2) is 11.7 Å². The normalized spacial score (nSPS) is 11.5. The van der Waals surface area contributed by atoms with Crippen LogP contribution in [0.5, 0.6) is 5.75 Å². The lowest BCUT2D eigenvalue weighted by Crippen LogP contribution is -2.12. The molecule has 0 saturated carbocycles. The molecule has 1 N–H and O–H groups in total. The highest BCUT2D eigenvalue weighted by atomic mass is 35.5. The van der Waals surface area contributed by atoms with Crippen molar-refractivity contribution in [2.24, 2.45) is 0 Å². The van der Waals surface area contributed by atoms with Crippen LogP contribution in [0.1, 0.15) is 46.2 Å². The zero-order valence-corrected chi connectivity index (χ0v) is 16.4. The molecule has 142 valence electrons. The van der Waals surface area contributed by atoms with Crippen LogP contribution in [0.2, 0.25) is 5.02 Å². The Bertz CT molecular complexity index is 981. The minimum atomic E-state index is -0.230. The number of hydrogen-bond donors (Lipinski definition) is 1. The highest BCUT2D eigenvalue weighted by molar-refractivity contribution is 6.30. The van der Waals surface area contributed by atoms with Gasteiger partial charge in [-0.15, -0.1) is 0 Å². The summed E-state index contributed by atoms with van der Waals surface area (Å²) in [5.41, 5.74) is 2.77. The molecule has 3 rings (SSSR count). The summed E-state index contributed by atoms with van der Waals surface area (Å²) < 4.78 is 5.98. The molecule has 0 heterocycles. The van der Waals surface area contributed by atoms with Gasteiger partial charge in [-0.3, -0.25) is 9.59 Å². The van der Waals surface area contributed by atoms with Crippen molar-refractivity contribution in [1.82, 2.24) is 0 Å². The zero-order valence-electron chi connectivity index (χ0n) is 15.6. The maximum absolute atomic E-state index is 12.5. The van der Waals surface area contributed by atoms with Crippen molar-refractivity contribution in [3.63, 3.8) is 0 Å². The maximum Gasteiger partial charge on any atom is 0.255 e. The van der Waals surface area contributed by atoms with Gasteiger partial charge in [-0.2, -0.15) is 0 Å². The van der Waals surface area contributed by atoms with Gasteiger partial charge in [0.1, 0.15) is 11.9 Å². The smallest absolute Gasteiger partial charge is 0.255 e. The summed E-state index contributed by atoms with van der Waals surface area (Å²) >= 11 is 5.86. The summed E-state index contributed by atoms with van der Waals surface area (Å²) in [5, 5.41) is 3.44. The first-order valence-corrected chi connectivity index (χ1v) is 9.25. The monoisotopic (exact) mass is 393 g/mol. The third-order valence-corrected chi connectivity index (χ3v) is 4.55. The van der Waals surface area contributed by atoms with Crippen LogP contribution in [0.25, 0.3) is 0 Å². The van der Waals surface area contributed by atoms with Gasteiger partial charge in [0.25, 0.3) is 5.91 Å². The molecule has 28 heavy (non-hydrogen) atoms. The Balaban J connectivity index is 1.69. The minimum absolute atomic E-state index is 0.0273. The molecule has 0 fully saturated rings. The average molecular weight is 394 g/mol. The molecule has 0 aliphatic rings. The molecule has 3 aromatic carbocycles. The molecule has 0 spiro atoms. The topological polar surface area (TPSA) is 55.4 Å². The molecule has 5 heteroatoms. The number of anilines is 1.